The molecular formula is C19H23N3O3. The van der Waals surface area contributed by atoms with E-state index in [9.17, 15) is 4.79 Å². The third-order valence-corrected chi connectivity index (χ3v) is 4.01. The molecule has 1 unspecified atom stereocenters. The molecule has 0 saturated carbocycles. The van der Waals surface area contributed by atoms with Crippen molar-refractivity contribution in [3.8, 4) is 11.6 Å². The summed E-state index contributed by atoms with van der Waals surface area (Å²) in [6.07, 6.45) is 0.748. The molecular weight excluding hydrogens is 318 g/mol. The van der Waals surface area contributed by atoms with Crippen molar-refractivity contribution in [2.24, 2.45) is 0 Å². The van der Waals surface area contributed by atoms with Crippen molar-refractivity contribution in [1.82, 2.24) is 9.88 Å². The minimum absolute atomic E-state index is 0.0396. The number of pyridine rings is 1. The van der Waals surface area contributed by atoms with E-state index in [-0.39, 0.29) is 12.1 Å². The Labute approximate surface area is 147 Å². The van der Waals surface area contributed by atoms with Gasteiger partial charge in [0.25, 0.3) is 0 Å². The Hall–Kier alpha value is -2.76. The van der Waals surface area contributed by atoms with Crippen molar-refractivity contribution >= 4 is 11.7 Å². The number of hydrogen-bond donors (Lipinski definition) is 1. The molecule has 1 aromatic carbocycles. The fourth-order valence-electron chi connectivity index (χ4n) is 2.81. The molecule has 1 saturated heterocycles. The Morgan fingerprint density at radius 1 is 1.28 bits per heavy atom. The SMILES string of the molecule is CCOc1ccccc1NC(=O)N1CCC(Oc2cccc(C)n2)C1. The highest BCUT2D eigenvalue weighted by Crippen LogP contribution is 2.25. The van der Waals surface area contributed by atoms with E-state index in [2.05, 4.69) is 10.3 Å². The molecule has 2 heterocycles. The smallest absolute Gasteiger partial charge is 0.322 e. The zero-order valence-electron chi connectivity index (χ0n) is 14.6. The van der Waals surface area contributed by atoms with Gasteiger partial charge in [0.05, 0.1) is 18.8 Å². The lowest BCUT2D eigenvalue weighted by molar-refractivity contribution is 0.189. The number of urea groups is 1. The molecule has 0 aliphatic carbocycles. The van der Waals surface area contributed by atoms with Crippen molar-refractivity contribution in [2.75, 3.05) is 25.0 Å². The molecule has 2 amide bonds. The molecule has 1 aliphatic heterocycles. The molecule has 0 radical (unpaired) electrons. The average Bonchev–Trinajstić information content (AvgIpc) is 3.05. The van der Waals surface area contributed by atoms with E-state index in [1.54, 1.807) is 4.90 Å². The molecule has 0 bridgehead atoms. The summed E-state index contributed by atoms with van der Waals surface area (Å²) in [5.74, 6) is 1.28. The van der Waals surface area contributed by atoms with E-state index < -0.39 is 0 Å². The first-order valence-electron chi connectivity index (χ1n) is 8.53. The van der Waals surface area contributed by atoms with Gasteiger partial charge in [-0.15, -0.1) is 0 Å². The lowest BCUT2D eigenvalue weighted by Gasteiger charge is -2.19. The quantitative estimate of drug-likeness (QED) is 0.904. The normalized spacial score (nSPS) is 16.6. The topological polar surface area (TPSA) is 63.7 Å². The minimum atomic E-state index is -0.143. The first-order chi connectivity index (χ1) is 12.2. The number of nitrogens with one attached hydrogen (secondary N) is 1. The Morgan fingerprint density at radius 2 is 2.12 bits per heavy atom. The zero-order valence-corrected chi connectivity index (χ0v) is 14.6. The molecule has 1 aromatic heterocycles. The van der Waals surface area contributed by atoms with Gasteiger partial charge in [-0.2, -0.15) is 0 Å². The van der Waals surface area contributed by atoms with Gasteiger partial charge < -0.3 is 19.7 Å². The van der Waals surface area contributed by atoms with E-state index >= 15 is 0 Å². The maximum atomic E-state index is 12.5. The second-order valence-electron chi connectivity index (χ2n) is 5.95. The maximum Gasteiger partial charge on any atom is 0.322 e. The lowest BCUT2D eigenvalue weighted by Crippen LogP contribution is -2.34. The van der Waals surface area contributed by atoms with Crippen LogP contribution < -0.4 is 14.8 Å². The van der Waals surface area contributed by atoms with E-state index in [1.165, 1.54) is 0 Å². The molecule has 25 heavy (non-hydrogen) atoms. The van der Waals surface area contributed by atoms with Gasteiger partial charge in [0, 0.05) is 24.7 Å². The maximum absolute atomic E-state index is 12.5. The van der Waals surface area contributed by atoms with E-state index in [0.29, 0.717) is 37.0 Å². The van der Waals surface area contributed by atoms with Crippen LogP contribution in [0.3, 0.4) is 0 Å². The summed E-state index contributed by atoms with van der Waals surface area (Å²) >= 11 is 0. The van der Waals surface area contributed by atoms with Crippen LogP contribution in [0.5, 0.6) is 11.6 Å². The monoisotopic (exact) mass is 341 g/mol. The fraction of sp³-hybridized carbons (Fsp3) is 0.368. The molecule has 1 atom stereocenters. The minimum Gasteiger partial charge on any atom is -0.492 e. The summed E-state index contributed by atoms with van der Waals surface area (Å²) < 4.78 is 11.4. The van der Waals surface area contributed by atoms with Crippen molar-refractivity contribution in [3.63, 3.8) is 0 Å². The second kappa shape index (κ2) is 7.88. The Bertz CT molecular complexity index is 735. The molecule has 3 rings (SSSR count). The van der Waals surface area contributed by atoms with Gasteiger partial charge in [0.1, 0.15) is 11.9 Å². The molecule has 1 aliphatic rings. The van der Waals surface area contributed by atoms with E-state index in [4.69, 9.17) is 9.47 Å². The van der Waals surface area contributed by atoms with Gasteiger partial charge in [-0.3, -0.25) is 0 Å². The predicted octanol–water partition coefficient (Wildman–Crippen LogP) is 3.47. The number of amides is 2. The second-order valence-corrected chi connectivity index (χ2v) is 5.95. The first kappa shape index (κ1) is 17.1. The number of nitrogens with zero attached hydrogens (tertiary/aromatic N) is 2. The summed E-state index contributed by atoms with van der Waals surface area (Å²) in [4.78, 5) is 18.6. The highest BCUT2D eigenvalue weighted by molar-refractivity contribution is 5.91. The van der Waals surface area contributed by atoms with Gasteiger partial charge in [-0.05, 0) is 32.0 Å². The van der Waals surface area contributed by atoms with Gasteiger partial charge in [0.2, 0.25) is 5.88 Å². The molecule has 132 valence electrons. The van der Waals surface area contributed by atoms with E-state index in [0.717, 1.165) is 12.1 Å². The number of anilines is 1. The number of rotatable bonds is 5. The van der Waals surface area contributed by atoms with Crippen LogP contribution in [-0.2, 0) is 0 Å². The van der Waals surface area contributed by atoms with Crippen molar-refractivity contribution < 1.29 is 14.3 Å². The standard InChI is InChI=1S/C19H23N3O3/c1-3-24-17-9-5-4-8-16(17)21-19(23)22-12-11-15(13-22)25-18-10-6-7-14(2)20-18/h4-10,15H,3,11-13H2,1-2H3,(H,21,23). The van der Waals surface area contributed by atoms with Gasteiger partial charge in [0.15, 0.2) is 0 Å². The molecule has 6 heteroatoms. The molecule has 6 nitrogen and oxygen atoms in total. The fourth-order valence-corrected chi connectivity index (χ4v) is 2.81. The van der Waals surface area contributed by atoms with Gasteiger partial charge in [-0.25, -0.2) is 9.78 Å². The number of hydrogen-bond acceptors (Lipinski definition) is 4. The molecule has 0 spiro atoms. The van der Waals surface area contributed by atoms with Crippen LogP contribution in [0.15, 0.2) is 42.5 Å². The number of carbonyl (C=O) groups is 1. The number of aryl methyl sites for hydroxylation is 1. The highest BCUT2D eigenvalue weighted by atomic mass is 16.5. The number of para-hydroxylation sites is 2. The van der Waals surface area contributed by atoms with E-state index in [1.807, 2.05) is 56.3 Å². The third-order valence-electron chi connectivity index (χ3n) is 4.01. The van der Waals surface area contributed by atoms with Crippen molar-refractivity contribution in [2.45, 2.75) is 26.4 Å². The number of benzene rings is 1. The van der Waals surface area contributed by atoms with Crippen molar-refractivity contribution in [1.29, 1.82) is 0 Å². The lowest BCUT2D eigenvalue weighted by atomic mass is 10.3. The van der Waals surface area contributed by atoms with Gasteiger partial charge >= 0.3 is 6.03 Å². The molecule has 2 aromatic rings. The van der Waals surface area contributed by atoms with Crippen LogP contribution in [0.2, 0.25) is 0 Å². The molecule has 1 fully saturated rings. The number of carbonyl (C=O) groups excluding carboxylic acids is 1. The van der Waals surface area contributed by atoms with Crippen LogP contribution in [0, 0.1) is 6.92 Å². The van der Waals surface area contributed by atoms with Crippen LogP contribution in [-0.4, -0.2) is 41.7 Å². The Morgan fingerprint density at radius 3 is 2.92 bits per heavy atom. The average molecular weight is 341 g/mol. The van der Waals surface area contributed by atoms with Crippen molar-refractivity contribution in [3.05, 3.63) is 48.2 Å². The molecule has 1 N–H and O–H groups in total. The summed E-state index contributed by atoms with van der Waals surface area (Å²) in [5.41, 5.74) is 1.59. The van der Waals surface area contributed by atoms with Gasteiger partial charge in [-0.1, -0.05) is 18.2 Å². The van der Waals surface area contributed by atoms with Crippen LogP contribution in [0.1, 0.15) is 19.0 Å². The van der Waals surface area contributed by atoms with Crippen LogP contribution in [0.4, 0.5) is 10.5 Å². The summed E-state index contributed by atoms with van der Waals surface area (Å²) in [6.45, 7) is 5.59. The summed E-state index contributed by atoms with van der Waals surface area (Å²) in [6, 6.07) is 13.0. The number of likely N-dealkylation sites (tertiary alicyclic amines) is 1. The highest BCUT2D eigenvalue weighted by Gasteiger charge is 2.28. The largest absolute Gasteiger partial charge is 0.492 e. The number of ether oxygens (including phenoxy) is 2. The predicted molar refractivity (Wildman–Crippen MR) is 96.2 cm³/mol. The third kappa shape index (κ3) is 4.41. The first-order valence-corrected chi connectivity index (χ1v) is 8.53. The summed E-state index contributed by atoms with van der Waals surface area (Å²) in [5, 5.41) is 2.92. The Balaban J connectivity index is 1.57. The summed E-state index contributed by atoms with van der Waals surface area (Å²) in [7, 11) is 0. The zero-order chi connectivity index (χ0) is 17.6. The number of aromatic nitrogens is 1. The Kier molecular flexibility index (Phi) is 5.38. The van der Waals surface area contributed by atoms with Crippen LogP contribution >= 0.6 is 0 Å². The van der Waals surface area contributed by atoms with Crippen LogP contribution in [0.25, 0.3) is 0 Å².